The molecule has 0 spiro atoms. The first kappa shape index (κ1) is 25.6. The van der Waals surface area contributed by atoms with Gasteiger partial charge in [-0.2, -0.15) is 13.2 Å². The summed E-state index contributed by atoms with van der Waals surface area (Å²) in [4.78, 5) is 28.9. The summed E-state index contributed by atoms with van der Waals surface area (Å²) >= 11 is 0. The lowest BCUT2D eigenvalue weighted by Gasteiger charge is -2.44. The van der Waals surface area contributed by atoms with Crippen LogP contribution in [-0.4, -0.2) is 29.5 Å². The van der Waals surface area contributed by atoms with Gasteiger partial charge in [0.1, 0.15) is 0 Å². The summed E-state index contributed by atoms with van der Waals surface area (Å²) < 4.78 is 45.5. The maximum atomic E-state index is 13.4. The molecule has 0 radical (unpaired) electrons. The minimum absolute atomic E-state index is 0.0357. The second-order valence-corrected chi connectivity index (χ2v) is 8.80. The van der Waals surface area contributed by atoms with Crippen LogP contribution in [0.3, 0.4) is 0 Å². The van der Waals surface area contributed by atoms with Crippen molar-refractivity contribution in [3.8, 4) is 0 Å². The number of amides is 2. The van der Waals surface area contributed by atoms with Gasteiger partial charge in [0, 0.05) is 19.5 Å². The number of carbonyl (C=O) groups is 2. The molecule has 1 aliphatic heterocycles. The number of anilines is 1. The Bertz CT molecular complexity index is 1070. The van der Waals surface area contributed by atoms with Gasteiger partial charge in [0.15, 0.2) is 0 Å². The number of aryl methyl sites for hydroxylation is 2. The Kier molecular flexibility index (Phi) is 7.58. The van der Waals surface area contributed by atoms with Gasteiger partial charge in [-0.25, -0.2) is 4.79 Å². The number of ether oxygens (including phenoxy) is 1. The molecule has 2 aromatic carbocycles. The van der Waals surface area contributed by atoms with Gasteiger partial charge in [-0.3, -0.25) is 9.69 Å². The Morgan fingerprint density at radius 2 is 1.79 bits per heavy atom. The molecule has 5 nitrogen and oxygen atoms in total. The van der Waals surface area contributed by atoms with Crippen LogP contribution in [-0.2, 0) is 22.3 Å². The largest absolute Gasteiger partial charge is 0.449 e. The molecule has 8 heteroatoms. The standard InChI is InChI=1S/C26H31F3N2O3/c1-6-21-14-24(22-12-16(3)8-9-23(22)31(21)25(33)34-7-2)30(18(5)32)15-19-10-17(4)11-20(13-19)26(27,28)29/h8-13,21,24H,6-7,14-15H2,1-5H3/t21-,24+/m1/s1. The maximum Gasteiger partial charge on any atom is 0.416 e. The fraction of sp³-hybridized carbons (Fsp3) is 0.462. The minimum Gasteiger partial charge on any atom is -0.449 e. The van der Waals surface area contributed by atoms with E-state index in [9.17, 15) is 22.8 Å². The van der Waals surface area contributed by atoms with Crippen LogP contribution in [0, 0.1) is 13.8 Å². The summed E-state index contributed by atoms with van der Waals surface area (Å²) in [5.41, 5.74) is 2.58. The molecule has 0 aromatic heterocycles. The molecule has 0 N–H and O–H groups in total. The van der Waals surface area contributed by atoms with Crippen molar-refractivity contribution >= 4 is 17.7 Å². The Morgan fingerprint density at radius 3 is 2.38 bits per heavy atom. The van der Waals surface area contributed by atoms with Crippen molar-refractivity contribution in [1.29, 1.82) is 0 Å². The Labute approximate surface area is 198 Å². The fourth-order valence-corrected chi connectivity index (χ4v) is 4.69. The third-order valence-corrected chi connectivity index (χ3v) is 6.20. The van der Waals surface area contributed by atoms with Gasteiger partial charge in [-0.15, -0.1) is 0 Å². The highest BCUT2D eigenvalue weighted by atomic mass is 19.4. The molecule has 0 fully saturated rings. The maximum absolute atomic E-state index is 13.4. The predicted molar refractivity (Wildman–Crippen MR) is 125 cm³/mol. The number of alkyl halides is 3. The van der Waals surface area contributed by atoms with Gasteiger partial charge in [0.05, 0.1) is 23.9 Å². The normalized spacial score (nSPS) is 17.8. The first-order chi connectivity index (χ1) is 16.0. The molecular formula is C26H31F3N2O3. The van der Waals surface area contributed by atoms with Gasteiger partial charge in [-0.1, -0.05) is 36.2 Å². The molecule has 0 saturated carbocycles. The summed E-state index contributed by atoms with van der Waals surface area (Å²) in [6.07, 6.45) is -3.81. The van der Waals surface area contributed by atoms with E-state index < -0.39 is 23.9 Å². The molecule has 0 unspecified atom stereocenters. The van der Waals surface area contributed by atoms with Gasteiger partial charge in [0.2, 0.25) is 5.91 Å². The Balaban J connectivity index is 2.07. The third kappa shape index (κ3) is 5.37. The summed E-state index contributed by atoms with van der Waals surface area (Å²) in [5, 5.41) is 0. The number of carbonyl (C=O) groups excluding carboxylic acids is 2. The average Bonchev–Trinajstić information content (AvgIpc) is 2.75. The molecule has 2 atom stereocenters. The topological polar surface area (TPSA) is 49.9 Å². The van der Waals surface area contributed by atoms with E-state index in [-0.39, 0.29) is 25.1 Å². The quantitative estimate of drug-likeness (QED) is 0.491. The van der Waals surface area contributed by atoms with Gasteiger partial charge < -0.3 is 9.64 Å². The van der Waals surface area contributed by atoms with E-state index in [1.54, 1.807) is 29.7 Å². The summed E-state index contributed by atoms with van der Waals surface area (Å²) in [6.45, 7) is 8.94. The van der Waals surface area contributed by atoms with Crippen LogP contribution >= 0.6 is 0 Å². The Hall–Kier alpha value is -3.03. The highest BCUT2D eigenvalue weighted by molar-refractivity contribution is 5.90. The summed E-state index contributed by atoms with van der Waals surface area (Å²) in [7, 11) is 0. The monoisotopic (exact) mass is 476 g/mol. The van der Waals surface area contributed by atoms with E-state index in [0.717, 1.165) is 23.3 Å². The fourth-order valence-electron chi connectivity index (χ4n) is 4.69. The van der Waals surface area contributed by atoms with Crippen LogP contribution in [0.4, 0.5) is 23.7 Å². The number of hydrogen-bond acceptors (Lipinski definition) is 3. The van der Waals surface area contributed by atoms with E-state index in [0.29, 0.717) is 29.7 Å². The van der Waals surface area contributed by atoms with Crippen molar-refractivity contribution < 1.29 is 27.5 Å². The minimum atomic E-state index is -4.47. The van der Waals surface area contributed by atoms with Crippen LogP contribution in [0.5, 0.6) is 0 Å². The highest BCUT2D eigenvalue weighted by Gasteiger charge is 2.39. The lowest BCUT2D eigenvalue weighted by Crippen LogP contribution is -2.48. The smallest absolute Gasteiger partial charge is 0.416 e. The van der Waals surface area contributed by atoms with Gasteiger partial charge >= 0.3 is 12.3 Å². The summed E-state index contributed by atoms with van der Waals surface area (Å²) in [6, 6.07) is 8.95. The van der Waals surface area contributed by atoms with Crippen LogP contribution in [0.15, 0.2) is 36.4 Å². The molecule has 1 aliphatic rings. The van der Waals surface area contributed by atoms with Crippen LogP contribution in [0.1, 0.15) is 67.5 Å². The molecule has 0 aliphatic carbocycles. The zero-order valence-corrected chi connectivity index (χ0v) is 20.2. The molecule has 184 valence electrons. The lowest BCUT2D eigenvalue weighted by atomic mass is 9.87. The third-order valence-electron chi connectivity index (χ3n) is 6.20. The zero-order chi connectivity index (χ0) is 25.2. The molecule has 2 amide bonds. The van der Waals surface area contributed by atoms with Crippen molar-refractivity contribution in [2.24, 2.45) is 0 Å². The van der Waals surface area contributed by atoms with Gasteiger partial charge in [0.25, 0.3) is 0 Å². The van der Waals surface area contributed by atoms with Crippen molar-refractivity contribution in [2.75, 3.05) is 11.5 Å². The lowest BCUT2D eigenvalue weighted by molar-refractivity contribution is -0.137. The van der Waals surface area contributed by atoms with Crippen molar-refractivity contribution in [2.45, 2.75) is 72.3 Å². The molecule has 0 saturated heterocycles. The van der Waals surface area contributed by atoms with Crippen molar-refractivity contribution in [1.82, 2.24) is 4.90 Å². The summed E-state index contributed by atoms with van der Waals surface area (Å²) in [5.74, 6) is -0.244. The predicted octanol–water partition coefficient (Wildman–Crippen LogP) is 6.56. The highest BCUT2D eigenvalue weighted by Crippen LogP contribution is 2.43. The zero-order valence-electron chi connectivity index (χ0n) is 20.2. The number of fused-ring (bicyclic) bond motifs is 1. The van der Waals surface area contributed by atoms with E-state index in [1.807, 2.05) is 32.0 Å². The van der Waals surface area contributed by atoms with Gasteiger partial charge in [-0.05, 0) is 62.9 Å². The van der Waals surface area contributed by atoms with Crippen LogP contribution in [0.25, 0.3) is 0 Å². The number of rotatable bonds is 5. The number of hydrogen-bond donors (Lipinski definition) is 0. The van der Waals surface area contributed by atoms with Crippen LogP contribution < -0.4 is 4.90 Å². The first-order valence-corrected chi connectivity index (χ1v) is 11.5. The average molecular weight is 477 g/mol. The van der Waals surface area contributed by atoms with E-state index in [1.165, 1.54) is 6.92 Å². The Morgan fingerprint density at radius 1 is 1.09 bits per heavy atom. The number of nitrogens with zero attached hydrogens (tertiary/aromatic N) is 2. The first-order valence-electron chi connectivity index (χ1n) is 11.5. The molecule has 34 heavy (non-hydrogen) atoms. The van der Waals surface area contributed by atoms with Crippen LogP contribution in [0.2, 0.25) is 0 Å². The second-order valence-electron chi connectivity index (χ2n) is 8.80. The molecule has 0 bridgehead atoms. The number of benzene rings is 2. The van der Waals surface area contributed by atoms with Crippen molar-refractivity contribution in [3.05, 3.63) is 64.2 Å². The van der Waals surface area contributed by atoms with E-state index >= 15 is 0 Å². The SMILES string of the molecule is CCOC(=O)N1c2ccc(C)cc2[C@@H](N(Cc2cc(C)cc(C(F)(F)F)c2)C(C)=O)C[C@H]1CC. The van der Waals surface area contributed by atoms with E-state index in [2.05, 4.69) is 0 Å². The molecule has 3 rings (SSSR count). The number of halogens is 3. The molecular weight excluding hydrogens is 445 g/mol. The second kappa shape index (κ2) is 10.1. The van der Waals surface area contributed by atoms with E-state index in [4.69, 9.17) is 4.74 Å². The molecule has 1 heterocycles. The van der Waals surface area contributed by atoms with Crippen molar-refractivity contribution in [3.63, 3.8) is 0 Å². The molecule has 2 aromatic rings.